The first kappa shape index (κ1) is 63.6. The van der Waals surface area contributed by atoms with Gasteiger partial charge >= 0.3 is 17.9 Å². The number of hydrogen-bond donors (Lipinski definition) is 0. The molecule has 0 aliphatic rings. The highest BCUT2D eigenvalue weighted by molar-refractivity contribution is 5.71. The molecule has 1 atom stereocenters. The number of unbranched alkanes of at least 4 members (excludes halogenated alkanes) is 25. The zero-order chi connectivity index (χ0) is 48.6. The molecule has 6 heteroatoms. The maximum Gasteiger partial charge on any atom is 0.306 e. The molecule has 0 aliphatic carbocycles. The van der Waals surface area contributed by atoms with E-state index in [1.807, 2.05) is 6.08 Å². The van der Waals surface area contributed by atoms with Crippen LogP contribution in [0.1, 0.15) is 265 Å². The van der Waals surface area contributed by atoms with E-state index in [1.165, 1.54) is 128 Å². The first-order valence-corrected chi connectivity index (χ1v) is 28.1. The molecule has 0 aromatic carbocycles. The van der Waals surface area contributed by atoms with Gasteiger partial charge in [-0.05, 0) is 89.9 Å². The summed E-state index contributed by atoms with van der Waals surface area (Å²) in [6.07, 6.45) is 71.5. The van der Waals surface area contributed by atoms with E-state index in [0.29, 0.717) is 19.3 Å². The van der Waals surface area contributed by atoms with Crippen LogP contribution in [0.4, 0.5) is 0 Å². The van der Waals surface area contributed by atoms with Crippen molar-refractivity contribution in [3.05, 3.63) is 85.1 Å². The maximum absolute atomic E-state index is 12.8. The molecule has 0 spiro atoms. The van der Waals surface area contributed by atoms with E-state index in [-0.39, 0.29) is 37.5 Å². The average molecular weight is 933 g/mol. The third kappa shape index (κ3) is 53.4. The van der Waals surface area contributed by atoms with E-state index in [2.05, 4.69) is 99.8 Å². The SMILES string of the molecule is CCCCC/C=C\C/C=C\C/C=C\C/C=C\C/C=C\CCC(=O)OC[C@H](COC(=O)CCCCCCC/C=C\C/C=C\CCCCC)OC(=O)CCCCCCCCCCCCCCCCC. The van der Waals surface area contributed by atoms with E-state index in [9.17, 15) is 14.4 Å². The van der Waals surface area contributed by atoms with Crippen molar-refractivity contribution in [2.45, 2.75) is 271 Å². The minimum atomic E-state index is -0.811. The third-order valence-electron chi connectivity index (χ3n) is 11.9. The van der Waals surface area contributed by atoms with Crippen LogP contribution >= 0.6 is 0 Å². The third-order valence-corrected chi connectivity index (χ3v) is 11.9. The molecule has 0 heterocycles. The van der Waals surface area contributed by atoms with Gasteiger partial charge in [-0.2, -0.15) is 0 Å². The minimum Gasteiger partial charge on any atom is -0.462 e. The number of allylic oxidation sites excluding steroid dienone is 14. The van der Waals surface area contributed by atoms with E-state index in [0.717, 1.165) is 89.9 Å². The molecule has 6 nitrogen and oxygen atoms in total. The van der Waals surface area contributed by atoms with E-state index >= 15 is 0 Å². The highest BCUT2D eigenvalue weighted by Crippen LogP contribution is 2.15. The smallest absolute Gasteiger partial charge is 0.306 e. The largest absolute Gasteiger partial charge is 0.462 e. The summed E-state index contributed by atoms with van der Waals surface area (Å²) in [7, 11) is 0. The Labute approximate surface area is 414 Å². The van der Waals surface area contributed by atoms with E-state index in [4.69, 9.17) is 14.2 Å². The fourth-order valence-electron chi connectivity index (χ4n) is 7.63. The van der Waals surface area contributed by atoms with Crippen molar-refractivity contribution in [2.75, 3.05) is 13.2 Å². The molecule has 0 fully saturated rings. The molecule has 0 aromatic rings. The van der Waals surface area contributed by atoms with Crippen molar-refractivity contribution in [2.24, 2.45) is 0 Å². The molecule has 0 radical (unpaired) electrons. The highest BCUT2D eigenvalue weighted by atomic mass is 16.6. The first-order chi connectivity index (χ1) is 33.0. The van der Waals surface area contributed by atoms with Crippen molar-refractivity contribution >= 4 is 17.9 Å². The van der Waals surface area contributed by atoms with Gasteiger partial charge in [-0.25, -0.2) is 0 Å². The molecule has 0 bridgehead atoms. The number of carbonyl (C=O) groups excluding carboxylic acids is 3. The predicted molar refractivity (Wildman–Crippen MR) is 288 cm³/mol. The Balaban J connectivity index is 4.50. The minimum absolute atomic E-state index is 0.105. The Morgan fingerprint density at radius 1 is 0.299 bits per heavy atom. The van der Waals surface area contributed by atoms with Crippen LogP contribution in [0.5, 0.6) is 0 Å². The highest BCUT2D eigenvalue weighted by Gasteiger charge is 2.19. The van der Waals surface area contributed by atoms with Crippen molar-refractivity contribution in [3.8, 4) is 0 Å². The topological polar surface area (TPSA) is 78.9 Å². The average Bonchev–Trinajstić information content (AvgIpc) is 3.33. The van der Waals surface area contributed by atoms with Gasteiger partial charge in [0.2, 0.25) is 0 Å². The monoisotopic (exact) mass is 933 g/mol. The lowest BCUT2D eigenvalue weighted by Gasteiger charge is -2.18. The fourth-order valence-corrected chi connectivity index (χ4v) is 7.63. The van der Waals surface area contributed by atoms with Gasteiger partial charge in [0.25, 0.3) is 0 Å². The van der Waals surface area contributed by atoms with Crippen LogP contribution in [0.15, 0.2) is 85.1 Å². The Kier molecular flexibility index (Phi) is 52.4. The molecule has 67 heavy (non-hydrogen) atoms. The zero-order valence-electron chi connectivity index (χ0n) is 43.9. The standard InChI is InChI=1S/C61H104O6/c1-4-7-10-13-16-19-22-25-28-29-30-31-34-36-39-42-45-48-51-54-60(63)66-57-58(67-61(64)55-52-49-46-43-40-37-33-27-24-21-18-15-12-9-6-3)56-65-59(62)53-50-47-44-41-38-35-32-26-23-20-17-14-11-8-5-2/h16-17,19-20,25-26,28,30-32,36,39,45,48,58H,4-15,18,21-24,27,29,33-35,37-38,40-44,46-47,49-57H2,1-3H3/b19-16-,20-17-,28-25-,31-30-,32-26-,39-36-,48-45-/t58-/m0/s1. The quantitative estimate of drug-likeness (QED) is 0.0262. The lowest BCUT2D eigenvalue weighted by atomic mass is 10.0. The van der Waals surface area contributed by atoms with Gasteiger partial charge in [-0.15, -0.1) is 0 Å². The van der Waals surface area contributed by atoms with Gasteiger partial charge in [0.1, 0.15) is 13.2 Å². The van der Waals surface area contributed by atoms with Crippen LogP contribution in [0.2, 0.25) is 0 Å². The van der Waals surface area contributed by atoms with Crippen LogP contribution in [0.25, 0.3) is 0 Å². The lowest BCUT2D eigenvalue weighted by Crippen LogP contribution is -2.30. The van der Waals surface area contributed by atoms with Gasteiger partial charge in [0, 0.05) is 19.3 Å². The molecular weight excluding hydrogens is 829 g/mol. The zero-order valence-corrected chi connectivity index (χ0v) is 43.9. The molecule has 384 valence electrons. The summed E-state index contributed by atoms with van der Waals surface area (Å²) in [6, 6.07) is 0. The number of carbonyl (C=O) groups is 3. The second kappa shape index (κ2) is 55.2. The second-order valence-electron chi connectivity index (χ2n) is 18.5. The molecule has 0 aliphatic heterocycles. The molecule has 0 amide bonds. The molecule has 0 saturated heterocycles. The Hall–Kier alpha value is -3.41. The summed E-state index contributed by atoms with van der Waals surface area (Å²) in [4.78, 5) is 38.1. The van der Waals surface area contributed by atoms with Gasteiger partial charge in [0.05, 0.1) is 0 Å². The number of hydrogen-bond acceptors (Lipinski definition) is 6. The molecule has 0 N–H and O–H groups in total. The van der Waals surface area contributed by atoms with Gasteiger partial charge in [0.15, 0.2) is 6.10 Å². The van der Waals surface area contributed by atoms with Crippen LogP contribution in [0, 0.1) is 0 Å². The molecule has 0 unspecified atom stereocenters. The molecule has 0 saturated carbocycles. The van der Waals surface area contributed by atoms with Gasteiger partial charge in [-0.3, -0.25) is 14.4 Å². The number of ether oxygens (including phenoxy) is 3. The summed E-state index contributed by atoms with van der Waals surface area (Å²) in [5.74, 6) is -0.998. The van der Waals surface area contributed by atoms with Crippen LogP contribution in [0.3, 0.4) is 0 Å². The maximum atomic E-state index is 12.8. The summed E-state index contributed by atoms with van der Waals surface area (Å²) < 4.78 is 16.8. The van der Waals surface area contributed by atoms with Crippen molar-refractivity contribution < 1.29 is 28.6 Å². The van der Waals surface area contributed by atoms with Gasteiger partial charge in [-0.1, -0.05) is 241 Å². The van der Waals surface area contributed by atoms with Crippen molar-refractivity contribution in [3.63, 3.8) is 0 Å². The van der Waals surface area contributed by atoms with E-state index in [1.54, 1.807) is 0 Å². The normalized spacial score (nSPS) is 12.7. The van der Waals surface area contributed by atoms with Crippen molar-refractivity contribution in [1.82, 2.24) is 0 Å². The first-order valence-electron chi connectivity index (χ1n) is 28.1. The predicted octanol–water partition coefficient (Wildman–Crippen LogP) is 18.8. The Morgan fingerprint density at radius 3 is 0.955 bits per heavy atom. The van der Waals surface area contributed by atoms with Crippen LogP contribution < -0.4 is 0 Å². The second-order valence-corrected chi connectivity index (χ2v) is 18.5. The summed E-state index contributed by atoms with van der Waals surface area (Å²) in [5.41, 5.74) is 0. The molecule has 0 aromatic heterocycles. The number of rotatable bonds is 50. The molecule has 0 rings (SSSR count). The van der Waals surface area contributed by atoms with Gasteiger partial charge < -0.3 is 14.2 Å². The number of esters is 3. The molecular formula is C61H104O6. The fraction of sp³-hybridized carbons (Fsp3) is 0.721. The Bertz CT molecular complexity index is 1300. The summed E-state index contributed by atoms with van der Waals surface area (Å²) in [6.45, 7) is 6.52. The van der Waals surface area contributed by atoms with Crippen LogP contribution in [-0.4, -0.2) is 37.2 Å². The van der Waals surface area contributed by atoms with Crippen LogP contribution in [-0.2, 0) is 28.6 Å². The van der Waals surface area contributed by atoms with Crippen molar-refractivity contribution in [1.29, 1.82) is 0 Å². The summed E-state index contributed by atoms with van der Waals surface area (Å²) >= 11 is 0. The Morgan fingerprint density at radius 2 is 0.567 bits per heavy atom. The summed E-state index contributed by atoms with van der Waals surface area (Å²) in [5, 5.41) is 0. The lowest BCUT2D eigenvalue weighted by molar-refractivity contribution is -0.166. The van der Waals surface area contributed by atoms with E-state index < -0.39 is 6.10 Å².